The van der Waals surface area contributed by atoms with Crippen LogP contribution >= 0.6 is 0 Å². The molecule has 0 saturated heterocycles. The summed E-state index contributed by atoms with van der Waals surface area (Å²) in [4.78, 5) is 0. The highest BCUT2D eigenvalue weighted by molar-refractivity contribution is 5.13. The summed E-state index contributed by atoms with van der Waals surface area (Å²) in [5.41, 5.74) is 1.11. The predicted octanol–water partition coefficient (Wildman–Crippen LogP) is 1.96. The number of aliphatic hydroxyl groups is 1. The van der Waals surface area contributed by atoms with Gasteiger partial charge in [-0.1, -0.05) is 49.6 Å². The molecule has 0 aliphatic heterocycles. The average molecular weight is 261 g/mol. The minimum absolute atomic E-state index is 0.0359. The van der Waals surface area contributed by atoms with Gasteiger partial charge in [-0.15, -0.1) is 6.42 Å². The zero-order chi connectivity index (χ0) is 13.9. The maximum atomic E-state index is 9.78. The van der Waals surface area contributed by atoms with Crippen molar-refractivity contribution in [3.8, 4) is 12.3 Å². The Hall–Kier alpha value is -1.34. The molecule has 0 amide bonds. The molecular formula is C16H23NO2. The van der Waals surface area contributed by atoms with Crippen LogP contribution in [0.4, 0.5) is 0 Å². The van der Waals surface area contributed by atoms with E-state index in [0.29, 0.717) is 19.8 Å². The van der Waals surface area contributed by atoms with Crippen molar-refractivity contribution >= 4 is 0 Å². The molecule has 2 unspecified atom stereocenters. The number of hydrogen-bond donors (Lipinski definition) is 2. The second-order valence-electron chi connectivity index (χ2n) is 4.57. The lowest BCUT2D eigenvalue weighted by atomic mass is 10.2. The lowest BCUT2D eigenvalue weighted by Crippen LogP contribution is -2.36. The first-order chi connectivity index (χ1) is 9.26. The Balaban J connectivity index is 2.14. The third kappa shape index (κ3) is 6.97. The lowest BCUT2D eigenvalue weighted by molar-refractivity contribution is 0.0282. The number of hydrogen-bond acceptors (Lipinski definition) is 3. The fourth-order valence-electron chi connectivity index (χ4n) is 1.76. The first-order valence-electron chi connectivity index (χ1n) is 6.75. The molecule has 0 fully saturated rings. The van der Waals surface area contributed by atoms with Gasteiger partial charge in [0.05, 0.1) is 25.4 Å². The summed E-state index contributed by atoms with van der Waals surface area (Å²) >= 11 is 0. The van der Waals surface area contributed by atoms with Crippen molar-refractivity contribution in [3.63, 3.8) is 0 Å². The molecule has 0 aliphatic rings. The largest absolute Gasteiger partial charge is 0.389 e. The molecule has 0 aromatic heterocycles. The predicted molar refractivity (Wildman–Crippen MR) is 77.6 cm³/mol. The Kier molecular flexibility index (Phi) is 7.92. The van der Waals surface area contributed by atoms with Gasteiger partial charge < -0.3 is 15.2 Å². The van der Waals surface area contributed by atoms with E-state index in [1.807, 2.05) is 30.3 Å². The van der Waals surface area contributed by atoms with Crippen molar-refractivity contribution in [2.45, 2.75) is 38.5 Å². The van der Waals surface area contributed by atoms with Crippen LogP contribution in [0.1, 0.15) is 25.3 Å². The molecule has 0 spiro atoms. The maximum Gasteiger partial charge on any atom is 0.0898 e. The first kappa shape index (κ1) is 15.7. The fraction of sp³-hybridized carbons (Fsp3) is 0.500. The highest BCUT2D eigenvalue weighted by Gasteiger charge is 2.08. The minimum atomic E-state index is -0.531. The van der Waals surface area contributed by atoms with E-state index in [9.17, 15) is 5.11 Å². The molecule has 2 N–H and O–H groups in total. The third-order valence-corrected chi connectivity index (χ3v) is 2.80. The summed E-state index contributed by atoms with van der Waals surface area (Å²) in [6, 6.07) is 9.95. The number of terminal acetylenes is 1. The van der Waals surface area contributed by atoms with Crippen LogP contribution in [-0.4, -0.2) is 30.4 Å². The van der Waals surface area contributed by atoms with E-state index < -0.39 is 6.10 Å². The molecule has 1 aromatic rings. The highest BCUT2D eigenvalue weighted by Crippen LogP contribution is 2.01. The molecule has 104 valence electrons. The summed E-state index contributed by atoms with van der Waals surface area (Å²) in [7, 11) is 0. The van der Waals surface area contributed by atoms with E-state index >= 15 is 0 Å². The summed E-state index contributed by atoms with van der Waals surface area (Å²) in [5, 5.41) is 12.9. The van der Waals surface area contributed by atoms with Gasteiger partial charge in [0.15, 0.2) is 0 Å². The molecule has 0 aliphatic carbocycles. The zero-order valence-electron chi connectivity index (χ0n) is 11.5. The molecule has 0 saturated carbocycles. The summed E-state index contributed by atoms with van der Waals surface area (Å²) < 4.78 is 5.47. The topological polar surface area (TPSA) is 41.5 Å². The van der Waals surface area contributed by atoms with Crippen LogP contribution in [-0.2, 0) is 11.3 Å². The van der Waals surface area contributed by atoms with Crippen molar-refractivity contribution in [1.29, 1.82) is 0 Å². The molecule has 3 nitrogen and oxygen atoms in total. The van der Waals surface area contributed by atoms with Gasteiger partial charge in [-0.3, -0.25) is 0 Å². The monoisotopic (exact) mass is 261 g/mol. The van der Waals surface area contributed by atoms with Gasteiger partial charge >= 0.3 is 0 Å². The Morgan fingerprint density at radius 1 is 1.37 bits per heavy atom. The number of benzene rings is 1. The molecule has 2 atom stereocenters. The number of nitrogens with one attached hydrogen (secondary N) is 1. The summed E-state index contributed by atoms with van der Waals surface area (Å²) in [6.45, 7) is 3.38. The highest BCUT2D eigenvalue weighted by atomic mass is 16.5. The van der Waals surface area contributed by atoms with E-state index in [0.717, 1.165) is 18.4 Å². The zero-order valence-corrected chi connectivity index (χ0v) is 11.5. The van der Waals surface area contributed by atoms with Crippen molar-refractivity contribution in [2.75, 3.05) is 13.2 Å². The number of ether oxygens (including phenoxy) is 1. The Morgan fingerprint density at radius 3 is 2.74 bits per heavy atom. The van der Waals surface area contributed by atoms with Crippen LogP contribution in [0.5, 0.6) is 0 Å². The summed E-state index contributed by atoms with van der Waals surface area (Å²) in [5.74, 6) is 2.68. The van der Waals surface area contributed by atoms with Gasteiger partial charge in [-0.05, 0) is 12.0 Å². The van der Waals surface area contributed by atoms with E-state index in [2.05, 4.69) is 18.2 Å². The summed E-state index contributed by atoms with van der Waals surface area (Å²) in [6.07, 6.45) is 6.82. The van der Waals surface area contributed by atoms with E-state index in [1.54, 1.807) is 0 Å². The van der Waals surface area contributed by atoms with Crippen LogP contribution in [0.15, 0.2) is 30.3 Å². The molecular weight excluding hydrogens is 238 g/mol. The van der Waals surface area contributed by atoms with Crippen molar-refractivity contribution in [1.82, 2.24) is 5.32 Å². The molecule has 3 heteroatoms. The minimum Gasteiger partial charge on any atom is -0.389 e. The van der Waals surface area contributed by atoms with Gasteiger partial charge in [0.25, 0.3) is 0 Å². The van der Waals surface area contributed by atoms with Gasteiger partial charge in [0, 0.05) is 6.54 Å². The van der Waals surface area contributed by atoms with Crippen molar-refractivity contribution in [2.24, 2.45) is 0 Å². The molecule has 0 heterocycles. The molecule has 0 bridgehead atoms. The lowest BCUT2D eigenvalue weighted by Gasteiger charge is -2.16. The third-order valence-electron chi connectivity index (χ3n) is 2.80. The standard InChI is InChI=1S/C16H23NO2/c1-3-8-15(4-2)17-11-16(18)13-19-12-14-9-6-5-7-10-14/h2,5-7,9-10,15-18H,3,8,11-13H2,1H3. The van der Waals surface area contributed by atoms with E-state index in [-0.39, 0.29) is 6.04 Å². The van der Waals surface area contributed by atoms with E-state index in [1.165, 1.54) is 0 Å². The van der Waals surface area contributed by atoms with Crippen LogP contribution in [0.25, 0.3) is 0 Å². The van der Waals surface area contributed by atoms with Gasteiger partial charge in [-0.2, -0.15) is 0 Å². The van der Waals surface area contributed by atoms with Crippen molar-refractivity contribution in [3.05, 3.63) is 35.9 Å². The molecule has 1 aromatic carbocycles. The number of rotatable bonds is 9. The Labute approximate surface area is 116 Å². The quantitative estimate of drug-likeness (QED) is 0.668. The normalized spacial score (nSPS) is 13.7. The van der Waals surface area contributed by atoms with Crippen LogP contribution < -0.4 is 5.32 Å². The first-order valence-corrected chi connectivity index (χ1v) is 6.75. The molecule has 1 rings (SSSR count). The van der Waals surface area contributed by atoms with E-state index in [4.69, 9.17) is 11.2 Å². The number of aliphatic hydroxyl groups excluding tert-OH is 1. The van der Waals surface area contributed by atoms with Crippen molar-refractivity contribution < 1.29 is 9.84 Å². The van der Waals surface area contributed by atoms with Crippen LogP contribution in [0, 0.1) is 12.3 Å². The molecule has 0 radical (unpaired) electrons. The van der Waals surface area contributed by atoms with Crippen LogP contribution in [0.2, 0.25) is 0 Å². The molecule has 19 heavy (non-hydrogen) atoms. The van der Waals surface area contributed by atoms with Gasteiger partial charge in [0.1, 0.15) is 0 Å². The second-order valence-corrected chi connectivity index (χ2v) is 4.57. The fourth-order valence-corrected chi connectivity index (χ4v) is 1.76. The van der Waals surface area contributed by atoms with Gasteiger partial charge in [0.2, 0.25) is 0 Å². The Bertz CT molecular complexity index is 372. The van der Waals surface area contributed by atoms with Crippen LogP contribution in [0.3, 0.4) is 0 Å². The Morgan fingerprint density at radius 2 is 2.11 bits per heavy atom. The van der Waals surface area contributed by atoms with Gasteiger partial charge in [-0.25, -0.2) is 0 Å². The smallest absolute Gasteiger partial charge is 0.0898 e. The maximum absolute atomic E-state index is 9.78. The average Bonchev–Trinajstić information content (AvgIpc) is 2.44. The SMILES string of the molecule is C#CC(CCC)NCC(O)COCc1ccccc1. The second kappa shape index (κ2) is 9.57.